The Kier molecular flexibility index (Phi) is 6.28. The normalized spacial score (nSPS) is 28.3. The molecular weight excluding hydrogens is 382 g/mol. The van der Waals surface area contributed by atoms with Gasteiger partial charge in [0.2, 0.25) is 0 Å². The molecule has 0 radical (unpaired) electrons. The predicted octanol–water partition coefficient (Wildman–Crippen LogP) is 3.67. The summed E-state index contributed by atoms with van der Waals surface area (Å²) in [5.74, 6) is 2.45. The van der Waals surface area contributed by atoms with Gasteiger partial charge in [0.1, 0.15) is 5.75 Å². The first-order valence-corrected chi connectivity index (χ1v) is 12.4. The first-order valence-electron chi connectivity index (χ1n) is 10.9. The molecule has 3 aliphatic rings. The summed E-state index contributed by atoms with van der Waals surface area (Å²) in [6, 6.07) is 4.98. The number of allylic oxidation sites excluding steroid dienone is 1. The molecule has 0 spiro atoms. The van der Waals surface area contributed by atoms with Crippen LogP contribution in [0.2, 0.25) is 0 Å². The Morgan fingerprint density at radius 2 is 2.10 bits per heavy atom. The topological polar surface area (TPSA) is 67.9 Å². The maximum absolute atomic E-state index is 11.9. The average molecular weight is 416 g/mol. The number of hydrogen-bond acceptors (Lipinski definition) is 5. The lowest BCUT2D eigenvalue weighted by Crippen LogP contribution is -2.34. The molecule has 1 saturated carbocycles. The van der Waals surface area contributed by atoms with E-state index in [1.165, 1.54) is 17.7 Å². The van der Waals surface area contributed by atoms with Gasteiger partial charge >= 0.3 is 0 Å². The number of nitrogens with two attached hydrogens (primary N) is 1. The zero-order chi connectivity index (χ0) is 20.4. The number of aliphatic imine (C=N–C) groups is 1. The minimum Gasteiger partial charge on any atom is -0.489 e. The third kappa shape index (κ3) is 4.37. The Hall–Kier alpha value is -1.82. The van der Waals surface area contributed by atoms with E-state index in [1.54, 1.807) is 6.20 Å². The van der Waals surface area contributed by atoms with Crippen molar-refractivity contribution < 1.29 is 8.95 Å². The number of fused-ring (bicyclic) bond motifs is 1. The van der Waals surface area contributed by atoms with Crippen LogP contribution in [0.5, 0.6) is 5.75 Å². The summed E-state index contributed by atoms with van der Waals surface area (Å²) in [7, 11) is 1.43. The third-order valence-corrected chi connectivity index (χ3v) is 8.13. The minimum absolute atomic E-state index is 0.125. The maximum Gasteiger partial charge on any atom is 0.132 e. The molecule has 1 aliphatic carbocycles. The lowest BCUT2D eigenvalue weighted by atomic mass is 9.91. The van der Waals surface area contributed by atoms with E-state index in [0.717, 1.165) is 61.2 Å². The molecule has 4 rings (SSSR count). The molecule has 0 aromatic heterocycles. The lowest BCUT2D eigenvalue weighted by molar-refractivity contribution is 0.118. The summed E-state index contributed by atoms with van der Waals surface area (Å²) >= 11 is 0. The van der Waals surface area contributed by atoms with Crippen molar-refractivity contribution in [2.24, 2.45) is 10.7 Å². The van der Waals surface area contributed by atoms with Crippen LogP contribution in [0.15, 0.2) is 23.3 Å². The van der Waals surface area contributed by atoms with Crippen LogP contribution in [0.4, 0.5) is 5.69 Å². The lowest BCUT2D eigenvalue weighted by Gasteiger charge is -2.37. The quantitative estimate of drug-likeness (QED) is 0.745. The van der Waals surface area contributed by atoms with Crippen LogP contribution in [-0.4, -0.2) is 47.2 Å². The highest BCUT2D eigenvalue weighted by atomic mass is 32.2. The standard InChI is InChI=1S/C23H33N3O2S/c1-16-8-9-21-22(26(16)2)11-10-20(23(21)28-19-6-3-7-19)17(13-24)14-25-18-5-4-12-29(27)15-18/h10-11,13-14,16,18-19H,3-9,12,15,24H2,1-2H3. The summed E-state index contributed by atoms with van der Waals surface area (Å²) < 4.78 is 18.4. The predicted molar refractivity (Wildman–Crippen MR) is 122 cm³/mol. The molecule has 0 amide bonds. The van der Waals surface area contributed by atoms with Crippen LogP contribution in [0.1, 0.15) is 56.6 Å². The second kappa shape index (κ2) is 8.90. The van der Waals surface area contributed by atoms with Crippen LogP contribution in [0, 0.1) is 0 Å². The van der Waals surface area contributed by atoms with E-state index in [2.05, 4.69) is 31.0 Å². The first kappa shape index (κ1) is 20.5. The molecule has 5 nitrogen and oxygen atoms in total. The van der Waals surface area contributed by atoms with Gasteiger partial charge in [-0.25, -0.2) is 0 Å². The van der Waals surface area contributed by atoms with E-state index in [0.29, 0.717) is 17.9 Å². The van der Waals surface area contributed by atoms with Crippen LogP contribution in [-0.2, 0) is 17.2 Å². The largest absolute Gasteiger partial charge is 0.489 e. The molecule has 2 fully saturated rings. The van der Waals surface area contributed by atoms with Crippen molar-refractivity contribution in [2.45, 2.75) is 70.1 Å². The second-order valence-corrected chi connectivity index (χ2v) is 10.2. The second-order valence-electron chi connectivity index (χ2n) is 8.62. The van der Waals surface area contributed by atoms with E-state index < -0.39 is 10.8 Å². The molecule has 3 atom stereocenters. The van der Waals surface area contributed by atoms with E-state index in [1.807, 2.05) is 6.21 Å². The molecule has 3 unspecified atom stereocenters. The van der Waals surface area contributed by atoms with Crippen molar-refractivity contribution in [3.8, 4) is 5.75 Å². The number of nitrogens with zero attached hydrogens (tertiary/aromatic N) is 2. The molecule has 158 valence electrons. The van der Waals surface area contributed by atoms with Crippen LogP contribution in [0.3, 0.4) is 0 Å². The smallest absolute Gasteiger partial charge is 0.132 e. The molecule has 1 saturated heterocycles. The van der Waals surface area contributed by atoms with Gasteiger partial charge in [-0.3, -0.25) is 9.20 Å². The molecule has 2 N–H and O–H groups in total. The fourth-order valence-corrected chi connectivity index (χ4v) is 5.70. The van der Waals surface area contributed by atoms with Crippen molar-refractivity contribution in [2.75, 3.05) is 23.5 Å². The van der Waals surface area contributed by atoms with Crippen LogP contribution >= 0.6 is 0 Å². The van der Waals surface area contributed by atoms with E-state index >= 15 is 0 Å². The zero-order valence-corrected chi connectivity index (χ0v) is 18.4. The van der Waals surface area contributed by atoms with Crippen molar-refractivity contribution in [3.05, 3.63) is 29.5 Å². The Labute approximate surface area is 176 Å². The number of ether oxygens (including phenoxy) is 1. The van der Waals surface area contributed by atoms with Gasteiger partial charge in [0, 0.05) is 70.2 Å². The van der Waals surface area contributed by atoms with Gasteiger partial charge in [0.05, 0.1) is 12.1 Å². The number of rotatable bonds is 5. The van der Waals surface area contributed by atoms with Gasteiger partial charge in [-0.15, -0.1) is 0 Å². The van der Waals surface area contributed by atoms with Crippen molar-refractivity contribution in [1.29, 1.82) is 0 Å². The first-order chi connectivity index (χ1) is 14.1. The average Bonchev–Trinajstić information content (AvgIpc) is 2.68. The van der Waals surface area contributed by atoms with E-state index in [4.69, 9.17) is 15.5 Å². The van der Waals surface area contributed by atoms with Crippen molar-refractivity contribution in [3.63, 3.8) is 0 Å². The third-order valence-electron chi connectivity index (χ3n) is 6.63. The summed E-state index contributed by atoms with van der Waals surface area (Å²) in [5, 5.41) is 0. The highest BCUT2D eigenvalue weighted by Crippen LogP contribution is 2.42. The van der Waals surface area contributed by atoms with Gasteiger partial charge in [0.15, 0.2) is 0 Å². The fourth-order valence-electron chi connectivity index (χ4n) is 4.36. The highest BCUT2D eigenvalue weighted by Gasteiger charge is 2.28. The summed E-state index contributed by atoms with van der Waals surface area (Å²) in [5.41, 5.74) is 10.5. The van der Waals surface area contributed by atoms with Gasteiger partial charge in [-0.1, -0.05) is 0 Å². The molecular formula is C23H33N3O2S. The summed E-state index contributed by atoms with van der Waals surface area (Å²) in [6.07, 6.45) is 11.4. The van der Waals surface area contributed by atoms with Crippen molar-refractivity contribution in [1.82, 2.24) is 0 Å². The van der Waals surface area contributed by atoms with E-state index in [9.17, 15) is 4.21 Å². The zero-order valence-electron chi connectivity index (χ0n) is 17.6. The molecule has 6 heteroatoms. The van der Waals surface area contributed by atoms with Gasteiger partial charge in [0.25, 0.3) is 0 Å². The summed E-state index contributed by atoms with van der Waals surface area (Å²) in [4.78, 5) is 7.10. The molecule has 0 bridgehead atoms. The highest BCUT2D eigenvalue weighted by molar-refractivity contribution is 7.85. The minimum atomic E-state index is -0.741. The van der Waals surface area contributed by atoms with Crippen molar-refractivity contribution >= 4 is 28.3 Å². The maximum atomic E-state index is 11.9. The molecule has 29 heavy (non-hydrogen) atoms. The van der Waals surface area contributed by atoms with Gasteiger partial charge in [-0.05, 0) is 64.0 Å². The molecule has 1 aromatic rings. The molecule has 1 aromatic carbocycles. The van der Waals surface area contributed by atoms with Crippen LogP contribution in [0.25, 0.3) is 5.57 Å². The van der Waals surface area contributed by atoms with Gasteiger partial charge < -0.3 is 15.4 Å². The SMILES string of the molecule is CC1CCc2c(ccc(C(C=NC3CCCS(=O)C3)=CN)c2OC2CCC2)N1C. The fraction of sp³-hybridized carbons (Fsp3) is 0.609. The number of benzene rings is 1. The molecule has 2 heterocycles. The van der Waals surface area contributed by atoms with Gasteiger partial charge in [-0.2, -0.15) is 0 Å². The Balaban J connectivity index is 1.66. The number of anilines is 1. The Morgan fingerprint density at radius 1 is 1.28 bits per heavy atom. The van der Waals surface area contributed by atoms with Crippen LogP contribution < -0.4 is 15.4 Å². The Bertz CT molecular complexity index is 832. The number of hydrogen-bond donors (Lipinski definition) is 1. The Morgan fingerprint density at radius 3 is 2.79 bits per heavy atom. The van der Waals surface area contributed by atoms with E-state index in [-0.39, 0.29) is 6.04 Å². The monoisotopic (exact) mass is 415 g/mol. The molecule has 2 aliphatic heterocycles. The summed E-state index contributed by atoms with van der Waals surface area (Å²) in [6.45, 7) is 2.27.